The van der Waals surface area contributed by atoms with Gasteiger partial charge >= 0.3 is 22.4 Å². The normalized spacial score (nSPS) is 14.9. The van der Waals surface area contributed by atoms with Crippen molar-refractivity contribution in [2.75, 3.05) is 6.61 Å². The molecule has 84 valence electrons. The first-order chi connectivity index (χ1) is 6.10. The van der Waals surface area contributed by atoms with Crippen LogP contribution in [0.3, 0.4) is 0 Å². The van der Waals surface area contributed by atoms with Crippen molar-refractivity contribution in [2.24, 2.45) is 0 Å². The quantitative estimate of drug-likeness (QED) is 0.414. The molecule has 0 saturated carbocycles. The molecular weight excluding hydrogens is 232 g/mol. The third-order valence-corrected chi connectivity index (χ3v) is 2.10. The van der Waals surface area contributed by atoms with Crippen LogP contribution in [0.25, 0.3) is 0 Å². The van der Waals surface area contributed by atoms with Crippen molar-refractivity contribution in [3.05, 3.63) is 0 Å². The summed E-state index contributed by atoms with van der Waals surface area (Å²) in [6.45, 7) is 0.692. The van der Waals surface area contributed by atoms with E-state index in [2.05, 4.69) is 4.74 Å². The molecule has 14 heavy (non-hydrogen) atoms. The maximum atomic E-state index is 12.1. The van der Waals surface area contributed by atoms with Crippen molar-refractivity contribution >= 4 is 16.2 Å². The molecule has 0 N–H and O–H groups in total. The molecule has 0 aromatic heterocycles. The molecule has 1 unspecified atom stereocenters. The summed E-state index contributed by atoms with van der Waals surface area (Å²) in [5, 5.41) is -3.75. The monoisotopic (exact) mass is 238 g/mol. The fourth-order valence-corrected chi connectivity index (χ4v) is 1.24. The van der Waals surface area contributed by atoms with E-state index in [0.29, 0.717) is 0 Å². The summed E-state index contributed by atoms with van der Waals surface area (Å²) >= 11 is 0. The number of esters is 1. The molecule has 0 saturated heterocycles. The van der Waals surface area contributed by atoms with E-state index in [1.807, 2.05) is 0 Å². The first-order valence-electron chi connectivity index (χ1n) is 3.27. The van der Waals surface area contributed by atoms with Gasteiger partial charge in [-0.25, -0.2) is 0 Å². The smallest absolute Gasteiger partial charge is 0.418 e. The fraction of sp³-hybridized carbons (Fsp3) is 0.800. The summed E-state index contributed by atoms with van der Waals surface area (Å²) in [6.07, 6.45) is -5.51. The highest BCUT2D eigenvalue weighted by Crippen LogP contribution is 2.28. The average Bonchev–Trinajstić information content (AvgIpc) is 1.78. The lowest BCUT2D eigenvalue weighted by Gasteiger charge is -2.14. The summed E-state index contributed by atoms with van der Waals surface area (Å²) in [5.74, 6) is -2.16. The van der Waals surface area contributed by atoms with Crippen LogP contribution in [0.4, 0.5) is 17.1 Å². The Labute approximate surface area is 77.1 Å². The van der Waals surface area contributed by atoms with E-state index in [1.165, 1.54) is 0 Å². The largest absolute Gasteiger partial charge is 0.465 e. The van der Waals surface area contributed by atoms with Crippen molar-refractivity contribution < 1.29 is 35.0 Å². The molecule has 0 radical (unpaired) electrons. The Morgan fingerprint density at radius 3 is 2.07 bits per heavy atom. The highest BCUT2D eigenvalue weighted by Gasteiger charge is 2.55. The van der Waals surface area contributed by atoms with Gasteiger partial charge in [0.05, 0.1) is 6.61 Å². The molecule has 0 heterocycles. The van der Waals surface area contributed by atoms with Crippen LogP contribution in [0.2, 0.25) is 0 Å². The molecule has 4 nitrogen and oxygen atoms in total. The molecule has 0 amide bonds. The van der Waals surface area contributed by atoms with Crippen LogP contribution in [0.5, 0.6) is 0 Å². The van der Waals surface area contributed by atoms with Gasteiger partial charge in [0.15, 0.2) is 0 Å². The molecule has 0 spiro atoms. The van der Waals surface area contributed by atoms with E-state index in [-0.39, 0.29) is 0 Å². The lowest BCUT2D eigenvalue weighted by atomic mass is 10.4. The Bertz CT molecular complexity index is 306. The lowest BCUT2D eigenvalue weighted by Crippen LogP contribution is -2.42. The molecule has 1 atom stereocenters. The van der Waals surface area contributed by atoms with Gasteiger partial charge < -0.3 is 4.74 Å². The average molecular weight is 238 g/mol. The molecule has 0 aromatic carbocycles. The van der Waals surface area contributed by atoms with Crippen LogP contribution < -0.4 is 0 Å². The van der Waals surface area contributed by atoms with Gasteiger partial charge in [-0.3, -0.25) is 4.79 Å². The predicted octanol–water partition coefficient (Wildman–Crippen LogP) is 0.780. The molecule has 0 rings (SSSR count). The number of hydrogen-bond donors (Lipinski definition) is 0. The molecule has 0 fully saturated rings. The predicted molar refractivity (Wildman–Crippen MR) is 36.5 cm³/mol. The zero-order valence-electron chi connectivity index (χ0n) is 6.84. The van der Waals surface area contributed by atoms with Gasteiger partial charge in [0.2, 0.25) is 0 Å². The zero-order chi connectivity index (χ0) is 11.6. The Kier molecular flexibility index (Phi) is 3.86. The molecule has 0 aromatic rings. The van der Waals surface area contributed by atoms with E-state index in [0.717, 1.165) is 6.92 Å². The lowest BCUT2D eigenvalue weighted by molar-refractivity contribution is -0.168. The molecule has 0 bridgehead atoms. The second-order valence-corrected chi connectivity index (χ2v) is 3.57. The second kappa shape index (κ2) is 4.11. The van der Waals surface area contributed by atoms with Crippen LogP contribution in [-0.2, 0) is 19.8 Å². The van der Waals surface area contributed by atoms with Gasteiger partial charge in [-0.15, -0.1) is 3.89 Å². The number of ether oxygens (including phenoxy) is 1. The van der Waals surface area contributed by atoms with Gasteiger partial charge in [0.1, 0.15) is 0 Å². The Morgan fingerprint density at radius 2 is 1.86 bits per heavy atom. The molecular formula is C5H6F4O4S. The fourth-order valence-electron chi connectivity index (χ4n) is 0.626. The summed E-state index contributed by atoms with van der Waals surface area (Å²) in [6, 6.07) is 0. The van der Waals surface area contributed by atoms with Gasteiger partial charge in [-0.05, 0) is 6.92 Å². The van der Waals surface area contributed by atoms with E-state index in [4.69, 9.17) is 0 Å². The van der Waals surface area contributed by atoms with Crippen LogP contribution >= 0.6 is 0 Å². The van der Waals surface area contributed by atoms with Crippen LogP contribution in [0, 0.1) is 0 Å². The minimum Gasteiger partial charge on any atom is -0.465 e. The first kappa shape index (κ1) is 13.1. The standard InChI is InChI=1S/C5H6F4O4S/c1-2-13-4(10)3(5(6,7)8)14(9,11)12/h3H,2H2,1H3. The zero-order valence-corrected chi connectivity index (χ0v) is 7.65. The number of alkyl halides is 3. The van der Waals surface area contributed by atoms with E-state index < -0.39 is 34.2 Å². The van der Waals surface area contributed by atoms with E-state index in [9.17, 15) is 30.3 Å². The summed E-state index contributed by atoms with van der Waals surface area (Å²) in [7, 11) is -6.04. The van der Waals surface area contributed by atoms with Crippen molar-refractivity contribution in [1.82, 2.24) is 0 Å². The molecule has 9 heteroatoms. The van der Waals surface area contributed by atoms with Crippen molar-refractivity contribution in [3.63, 3.8) is 0 Å². The highest BCUT2D eigenvalue weighted by atomic mass is 32.3. The van der Waals surface area contributed by atoms with Crippen LogP contribution in [0.15, 0.2) is 0 Å². The van der Waals surface area contributed by atoms with Gasteiger partial charge in [-0.1, -0.05) is 0 Å². The maximum Gasteiger partial charge on any atom is 0.418 e. The highest BCUT2D eigenvalue weighted by molar-refractivity contribution is 7.87. The third kappa shape index (κ3) is 3.48. The first-order valence-corrected chi connectivity index (χ1v) is 4.72. The number of carbonyl (C=O) groups is 1. The maximum absolute atomic E-state index is 12.1. The van der Waals surface area contributed by atoms with Gasteiger partial charge in [-0.2, -0.15) is 21.6 Å². The van der Waals surface area contributed by atoms with Crippen molar-refractivity contribution in [3.8, 4) is 0 Å². The van der Waals surface area contributed by atoms with Crippen LogP contribution in [0.1, 0.15) is 6.92 Å². The van der Waals surface area contributed by atoms with Crippen molar-refractivity contribution in [2.45, 2.75) is 18.3 Å². The number of halogens is 4. The summed E-state index contributed by atoms with van der Waals surface area (Å²) in [5.41, 5.74) is 0. The number of hydrogen-bond acceptors (Lipinski definition) is 4. The molecule has 0 aliphatic rings. The summed E-state index contributed by atoms with van der Waals surface area (Å²) in [4.78, 5) is 10.5. The Balaban J connectivity index is 5.05. The van der Waals surface area contributed by atoms with Crippen LogP contribution in [-0.4, -0.2) is 32.4 Å². The number of carbonyl (C=O) groups excluding carboxylic acids is 1. The topological polar surface area (TPSA) is 60.4 Å². The van der Waals surface area contributed by atoms with Gasteiger partial charge in [0, 0.05) is 0 Å². The van der Waals surface area contributed by atoms with E-state index in [1.54, 1.807) is 0 Å². The summed E-state index contributed by atoms with van der Waals surface area (Å²) < 4.78 is 71.5. The van der Waals surface area contributed by atoms with Gasteiger partial charge in [0.25, 0.3) is 5.25 Å². The molecule has 0 aliphatic carbocycles. The van der Waals surface area contributed by atoms with Crippen molar-refractivity contribution in [1.29, 1.82) is 0 Å². The number of rotatable bonds is 3. The Hall–Kier alpha value is -0.860. The minimum absolute atomic E-state index is 0.471. The molecule has 0 aliphatic heterocycles. The Morgan fingerprint density at radius 1 is 1.43 bits per heavy atom. The third-order valence-electron chi connectivity index (χ3n) is 1.08. The second-order valence-electron chi connectivity index (χ2n) is 2.15. The van der Waals surface area contributed by atoms with E-state index >= 15 is 0 Å². The SMILES string of the molecule is CCOC(=O)C(C(F)(F)F)S(=O)(=O)F. The minimum atomic E-state index is -6.04.